The van der Waals surface area contributed by atoms with Gasteiger partial charge >= 0.3 is 0 Å². The number of anilines is 1. The Bertz CT molecular complexity index is 1080. The summed E-state index contributed by atoms with van der Waals surface area (Å²) in [6.07, 6.45) is 0. The molecule has 0 unspecified atom stereocenters. The molecule has 148 valence electrons. The first-order valence-corrected chi connectivity index (χ1v) is 10.1. The second-order valence-corrected chi connectivity index (χ2v) is 7.54. The third-order valence-corrected chi connectivity index (χ3v) is 5.54. The lowest BCUT2D eigenvalue weighted by Crippen LogP contribution is -2.22. The molecule has 29 heavy (non-hydrogen) atoms. The molecule has 4 rings (SSSR count). The van der Waals surface area contributed by atoms with Crippen LogP contribution in [0.2, 0.25) is 0 Å². The second-order valence-electron chi connectivity index (χ2n) is 6.55. The van der Waals surface area contributed by atoms with Gasteiger partial charge in [0.2, 0.25) is 0 Å². The summed E-state index contributed by atoms with van der Waals surface area (Å²) in [4.78, 5) is 23.0. The van der Waals surface area contributed by atoms with E-state index in [4.69, 9.17) is 4.74 Å². The smallest absolute Gasteiger partial charge is 0.269 e. The van der Waals surface area contributed by atoms with E-state index in [1.807, 2.05) is 31.2 Å². The summed E-state index contributed by atoms with van der Waals surface area (Å²) in [5, 5.41) is 18.4. The van der Waals surface area contributed by atoms with E-state index >= 15 is 0 Å². The lowest BCUT2D eigenvalue weighted by molar-refractivity contribution is -0.384. The molecule has 3 aromatic rings. The number of rotatable bonds is 6. The lowest BCUT2D eigenvalue weighted by atomic mass is 10.2. The van der Waals surface area contributed by atoms with Gasteiger partial charge < -0.3 is 10.1 Å². The van der Waals surface area contributed by atoms with Crippen LogP contribution in [0.15, 0.2) is 48.5 Å². The number of carbonyl (C=O) groups is 1. The zero-order valence-corrected chi connectivity index (χ0v) is 16.4. The number of nitrogens with one attached hydrogen (secondary N) is 1. The minimum atomic E-state index is -0.449. The molecule has 1 N–H and O–H groups in total. The highest BCUT2D eigenvalue weighted by atomic mass is 32.2. The Kier molecular flexibility index (Phi) is 5.22. The van der Waals surface area contributed by atoms with Crippen LogP contribution in [-0.4, -0.2) is 27.2 Å². The molecule has 0 saturated heterocycles. The monoisotopic (exact) mass is 410 g/mol. The third-order valence-electron chi connectivity index (χ3n) is 4.57. The van der Waals surface area contributed by atoms with Crippen LogP contribution in [0.4, 0.5) is 11.5 Å². The maximum Gasteiger partial charge on any atom is 0.269 e. The van der Waals surface area contributed by atoms with Crippen molar-refractivity contribution in [2.75, 3.05) is 11.9 Å². The molecule has 0 bridgehead atoms. The van der Waals surface area contributed by atoms with E-state index in [2.05, 4.69) is 10.4 Å². The molecule has 0 fully saturated rings. The van der Waals surface area contributed by atoms with Crippen molar-refractivity contribution in [2.45, 2.75) is 18.4 Å². The van der Waals surface area contributed by atoms with Crippen molar-refractivity contribution in [1.82, 2.24) is 9.78 Å². The van der Waals surface area contributed by atoms with Gasteiger partial charge in [0, 0.05) is 29.2 Å². The Morgan fingerprint density at radius 1 is 1.24 bits per heavy atom. The average molecular weight is 410 g/mol. The van der Waals surface area contributed by atoms with Crippen LogP contribution >= 0.6 is 11.8 Å². The number of benzene rings is 2. The highest BCUT2D eigenvalue weighted by molar-refractivity contribution is 7.98. The molecule has 0 atom stereocenters. The van der Waals surface area contributed by atoms with Gasteiger partial charge in [-0.1, -0.05) is 18.2 Å². The number of fused-ring (bicyclic) bond motifs is 1. The van der Waals surface area contributed by atoms with E-state index in [0.717, 1.165) is 28.3 Å². The number of nitro groups is 1. The van der Waals surface area contributed by atoms with Crippen LogP contribution in [0, 0.1) is 17.0 Å². The average Bonchev–Trinajstić information content (AvgIpc) is 3.30. The summed E-state index contributed by atoms with van der Waals surface area (Å²) >= 11 is 1.73. The van der Waals surface area contributed by atoms with Crippen LogP contribution in [0.1, 0.15) is 16.8 Å². The Hall–Kier alpha value is -3.33. The van der Waals surface area contributed by atoms with Gasteiger partial charge in [0.05, 0.1) is 16.3 Å². The van der Waals surface area contributed by atoms with Gasteiger partial charge in [-0.25, -0.2) is 4.68 Å². The molecule has 0 radical (unpaired) electrons. The van der Waals surface area contributed by atoms with Crippen molar-refractivity contribution in [1.29, 1.82) is 0 Å². The van der Waals surface area contributed by atoms with E-state index in [0.29, 0.717) is 17.3 Å². The van der Waals surface area contributed by atoms with Gasteiger partial charge in [-0.05, 0) is 30.7 Å². The molecular weight excluding hydrogens is 392 g/mol. The maximum atomic E-state index is 12.5. The first-order valence-electron chi connectivity index (χ1n) is 8.94. The standard InChI is InChI=1S/C20H18N4O4S/c1-13-4-2-3-5-18(13)28-10-19(25)21-20-16-11-29-12-17(16)22-23(20)14-6-8-15(9-7-14)24(26)27/h2-9H,10-12H2,1H3,(H,21,25). The van der Waals surface area contributed by atoms with E-state index in [9.17, 15) is 14.9 Å². The zero-order valence-electron chi connectivity index (χ0n) is 15.6. The largest absolute Gasteiger partial charge is 0.483 e. The van der Waals surface area contributed by atoms with Crippen molar-refractivity contribution >= 4 is 29.2 Å². The fourth-order valence-electron chi connectivity index (χ4n) is 3.07. The molecule has 2 aromatic carbocycles. The number of hydrogen-bond donors (Lipinski definition) is 1. The van der Waals surface area contributed by atoms with Gasteiger partial charge in [-0.3, -0.25) is 14.9 Å². The Balaban J connectivity index is 1.56. The number of aromatic nitrogens is 2. The predicted molar refractivity (Wildman–Crippen MR) is 111 cm³/mol. The van der Waals surface area contributed by atoms with Crippen molar-refractivity contribution in [2.24, 2.45) is 0 Å². The first kappa shape index (κ1) is 19.0. The zero-order chi connectivity index (χ0) is 20.4. The van der Waals surface area contributed by atoms with E-state index in [1.165, 1.54) is 12.1 Å². The molecule has 2 heterocycles. The first-order chi connectivity index (χ1) is 14.0. The Morgan fingerprint density at radius 3 is 2.72 bits per heavy atom. The highest BCUT2D eigenvalue weighted by Crippen LogP contribution is 2.36. The summed E-state index contributed by atoms with van der Waals surface area (Å²) in [6, 6.07) is 13.6. The number of nitrogens with zero attached hydrogens (tertiary/aromatic N) is 3. The van der Waals surface area contributed by atoms with Crippen LogP contribution in [0.25, 0.3) is 5.69 Å². The SMILES string of the molecule is Cc1ccccc1OCC(=O)Nc1c2c(nn1-c1ccc([N+](=O)[O-])cc1)CSC2. The number of thioether (sulfide) groups is 1. The highest BCUT2D eigenvalue weighted by Gasteiger charge is 2.25. The van der Waals surface area contributed by atoms with E-state index in [-0.39, 0.29) is 18.2 Å². The van der Waals surface area contributed by atoms with Crippen LogP contribution in [-0.2, 0) is 16.3 Å². The number of carbonyl (C=O) groups excluding carboxylic acids is 1. The molecule has 1 aliphatic rings. The molecular formula is C20H18N4O4S. The quantitative estimate of drug-likeness (QED) is 0.489. The normalized spacial score (nSPS) is 12.4. The van der Waals surface area contributed by atoms with E-state index < -0.39 is 4.92 Å². The van der Waals surface area contributed by atoms with Crippen molar-refractivity contribution in [3.63, 3.8) is 0 Å². The summed E-state index contributed by atoms with van der Waals surface area (Å²) in [6.45, 7) is 1.79. The van der Waals surface area contributed by atoms with Gasteiger partial charge in [0.1, 0.15) is 11.6 Å². The number of para-hydroxylation sites is 1. The van der Waals surface area contributed by atoms with Crippen molar-refractivity contribution in [3.05, 3.63) is 75.5 Å². The lowest BCUT2D eigenvalue weighted by Gasteiger charge is -2.12. The van der Waals surface area contributed by atoms with Crippen LogP contribution in [0.3, 0.4) is 0 Å². The minimum absolute atomic E-state index is 0.00113. The number of amides is 1. The summed E-state index contributed by atoms with van der Waals surface area (Å²) in [5.41, 5.74) is 3.47. The van der Waals surface area contributed by atoms with Gasteiger partial charge in [0.15, 0.2) is 6.61 Å². The fraction of sp³-hybridized carbons (Fsp3) is 0.200. The fourth-order valence-corrected chi connectivity index (χ4v) is 4.11. The van der Waals surface area contributed by atoms with Gasteiger partial charge in [-0.15, -0.1) is 0 Å². The van der Waals surface area contributed by atoms with Crippen LogP contribution in [0.5, 0.6) is 5.75 Å². The molecule has 0 saturated carbocycles. The third kappa shape index (κ3) is 3.95. The molecule has 0 spiro atoms. The summed E-state index contributed by atoms with van der Waals surface area (Å²) in [5.74, 6) is 2.45. The Morgan fingerprint density at radius 2 is 2.00 bits per heavy atom. The molecule has 0 aliphatic carbocycles. The molecule has 1 amide bonds. The Labute approximate surface area is 171 Å². The van der Waals surface area contributed by atoms with Crippen LogP contribution < -0.4 is 10.1 Å². The molecule has 1 aromatic heterocycles. The van der Waals surface area contributed by atoms with Crippen molar-refractivity contribution in [3.8, 4) is 11.4 Å². The van der Waals surface area contributed by atoms with Gasteiger partial charge in [0.25, 0.3) is 11.6 Å². The molecule has 8 nitrogen and oxygen atoms in total. The maximum absolute atomic E-state index is 12.5. The topological polar surface area (TPSA) is 99.3 Å². The van der Waals surface area contributed by atoms with Gasteiger partial charge in [-0.2, -0.15) is 16.9 Å². The summed E-state index contributed by atoms with van der Waals surface area (Å²) in [7, 11) is 0. The number of nitro benzene ring substituents is 1. The number of aryl methyl sites for hydroxylation is 1. The second kappa shape index (κ2) is 7.96. The summed E-state index contributed by atoms with van der Waals surface area (Å²) < 4.78 is 7.26. The minimum Gasteiger partial charge on any atom is -0.483 e. The van der Waals surface area contributed by atoms with E-state index in [1.54, 1.807) is 28.6 Å². The molecule has 9 heteroatoms. The number of hydrogen-bond acceptors (Lipinski definition) is 6. The molecule has 1 aliphatic heterocycles. The predicted octanol–water partition coefficient (Wildman–Crippen LogP) is 3.85. The number of ether oxygens (including phenoxy) is 1. The number of non-ortho nitro benzene ring substituents is 1. The van der Waals surface area contributed by atoms with Crippen molar-refractivity contribution < 1.29 is 14.5 Å².